The topological polar surface area (TPSA) is 25.8 Å². The summed E-state index contributed by atoms with van der Waals surface area (Å²) in [6, 6.07) is 11.1. The molecule has 154 valence electrons. The molecule has 0 spiro atoms. The van der Waals surface area contributed by atoms with E-state index in [0.29, 0.717) is 16.7 Å². The maximum absolute atomic E-state index is 13.5. The average molecular weight is 408 g/mol. The van der Waals surface area contributed by atoms with Crippen LogP contribution in [0.4, 0.5) is 13.2 Å². The molecule has 1 atom stereocenters. The summed E-state index contributed by atoms with van der Waals surface area (Å²) in [5.41, 5.74) is 2.45. The van der Waals surface area contributed by atoms with Crippen molar-refractivity contribution in [2.24, 2.45) is 0 Å². The number of hydrogen-bond acceptors (Lipinski definition) is 2. The van der Waals surface area contributed by atoms with E-state index in [2.05, 4.69) is 23.0 Å². The maximum atomic E-state index is 13.5. The van der Waals surface area contributed by atoms with Gasteiger partial charge in [0.05, 0.1) is 5.56 Å². The molecule has 0 bridgehead atoms. The highest BCUT2D eigenvalue weighted by atomic mass is 19.4. The van der Waals surface area contributed by atoms with E-state index in [1.54, 1.807) is 36.9 Å². The van der Waals surface area contributed by atoms with Gasteiger partial charge in [0.2, 0.25) is 0 Å². The minimum Gasteiger partial charge on any atom is -0.262 e. The summed E-state index contributed by atoms with van der Waals surface area (Å²) >= 11 is 0. The van der Waals surface area contributed by atoms with Crippen molar-refractivity contribution < 1.29 is 13.2 Å². The van der Waals surface area contributed by atoms with Gasteiger partial charge in [-0.2, -0.15) is 13.2 Å². The van der Waals surface area contributed by atoms with Gasteiger partial charge in [-0.05, 0) is 70.3 Å². The molecular formula is C25H23F3N2. The lowest BCUT2D eigenvalue weighted by Crippen LogP contribution is -2.09. The molecule has 0 fully saturated rings. The van der Waals surface area contributed by atoms with Crippen molar-refractivity contribution in [1.29, 1.82) is 0 Å². The van der Waals surface area contributed by atoms with Crippen molar-refractivity contribution in [2.45, 2.75) is 45.2 Å². The van der Waals surface area contributed by atoms with Crippen molar-refractivity contribution in [2.75, 3.05) is 0 Å². The summed E-state index contributed by atoms with van der Waals surface area (Å²) in [6.45, 7) is 3.75. The number of halogens is 3. The number of rotatable bonds is 0. The lowest BCUT2D eigenvalue weighted by atomic mass is 9.80. The van der Waals surface area contributed by atoms with E-state index in [-0.39, 0.29) is 5.56 Å². The second-order valence-electron chi connectivity index (χ2n) is 7.84. The van der Waals surface area contributed by atoms with Crippen LogP contribution in [0.25, 0.3) is 21.5 Å². The lowest BCUT2D eigenvalue weighted by Gasteiger charge is -2.25. The Labute approximate surface area is 173 Å². The maximum Gasteiger partial charge on any atom is 0.417 e. The summed E-state index contributed by atoms with van der Waals surface area (Å²) in [4.78, 5) is 7.44. The number of aryl methyl sites for hydroxylation is 2. The SMILES string of the molecule is Cc1ccc2c(ccc3c4c(ccc32)CCC[C@H]4C)c1C(F)(F)F.c1cnccn1. The molecule has 1 heterocycles. The normalized spacial score (nSPS) is 16.1. The van der Waals surface area contributed by atoms with Gasteiger partial charge in [0.1, 0.15) is 0 Å². The van der Waals surface area contributed by atoms with E-state index in [0.717, 1.165) is 23.6 Å². The zero-order valence-corrected chi connectivity index (χ0v) is 17.0. The molecule has 30 heavy (non-hydrogen) atoms. The van der Waals surface area contributed by atoms with E-state index in [4.69, 9.17) is 0 Å². The van der Waals surface area contributed by atoms with Gasteiger partial charge in [-0.3, -0.25) is 9.97 Å². The Balaban J connectivity index is 0.000000313. The Morgan fingerprint density at radius 1 is 0.800 bits per heavy atom. The van der Waals surface area contributed by atoms with E-state index >= 15 is 0 Å². The van der Waals surface area contributed by atoms with Gasteiger partial charge in [0, 0.05) is 24.8 Å². The predicted molar refractivity (Wildman–Crippen MR) is 115 cm³/mol. The van der Waals surface area contributed by atoms with Crippen LogP contribution >= 0.6 is 0 Å². The molecule has 0 aliphatic heterocycles. The summed E-state index contributed by atoms with van der Waals surface area (Å²) in [7, 11) is 0. The molecule has 1 aliphatic carbocycles. The number of hydrogen-bond donors (Lipinski definition) is 0. The predicted octanol–water partition coefficient (Wildman–Crippen LogP) is 7.24. The van der Waals surface area contributed by atoms with Crippen LogP contribution in [-0.4, -0.2) is 9.97 Å². The molecule has 4 aromatic rings. The van der Waals surface area contributed by atoms with Crippen LogP contribution in [0, 0.1) is 6.92 Å². The zero-order valence-electron chi connectivity index (χ0n) is 17.0. The first kappa shape index (κ1) is 20.3. The van der Waals surface area contributed by atoms with Gasteiger partial charge in [-0.1, -0.05) is 43.3 Å². The first-order valence-corrected chi connectivity index (χ1v) is 10.1. The van der Waals surface area contributed by atoms with E-state index in [9.17, 15) is 13.2 Å². The Kier molecular flexibility index (Phi) is 5.46. The summed E-state index contributed by atoms with van der Waals surface area (Å²) in [5.74, 6) is 0.461. The summed E-state index contributed by atoms with van der Waals surface area (Å²) in [6.07, 6.45) is 5.62. The first-order chi connectivity index (χ1) is 14.4. The van der Waals surface area contributed by atoms with Gasteiger partial charge in [-0.25, -0.2) is 0 Å². The average Bonchev–Trinajstić information content (AvgIpc) is 2.73. The fraction of sp³-hybridized carbons (Fsp3) is 0.280. The number of aromatic nitrogens is 2. The molecule has 0 saturated heterocycles. The van der Waals surface area contributed by atoms with E-state index < -0.39 is 11.7 Å². The Morgan fingerprint density at radius 2 is 1.37 bits per heavy atom. The molecule has 0 radical (unpaired) electrons. The molecule has 2 nitrogen and oxygen atoms in total. The molecular weight excluding hydrogens is 385 g/mol. The van der Waals surface area contributed by atoms with Gasteiger partial charge in [-0.15, -0.1) is 0 Å². The van der Waals surface area contributed by atoms with Crippen LogP contribution in [0.5, 0.6) is 0 Å². The smallest absolute Gasteiger partial charge is 0.262 e. The third-order valence-corrected chi connectivity index (χ3v) is 5.88. The monoisotopic (exact) mass is 408 g/mol. The van der Waals surface area contributed by atoms with Crippen molar-refractivity contribution >= 4 is 21.5 Å². The van der Waals surface area contributed by atoms with Gasteiger partial charge in [0.25, 0.3) is 0 Å². The molecule has 5 heteroatoms. The molecule has 0 amide bonds. The molecule has 0 saturated carbocycles. The number of nitrogens with zero attached hydrogens (tertiary/aromatic N) is 2. The minimum atomic E-state index is -4.33. The quantitative estimate of drug-likeness (QED) is 0.287. The summed E-state index contributed by atoms with van der Waals surface area (Å²) < 4.78 is 40.5. The third kappa shape index (κ3) is 3.76. The molecule has 1 aliphatic rings. The number of fused-ring (bicyclic) bond motifs is 5. The fourth-order valence-electron chi connectivity index (χ4n) is 4.57. The van der Waals surface area contributed by atoms with Crippen LogP contribution in [0.2, 0.25) is 0 Å². The van der Waals surface area contributed by atoms with E-state index in [1.807, 2.05) is 18.2 Å². The van der Waals surface area contributed by atoms with E-state index in [1.165, 1.54) is 24.5 Å². The fourth-order valence-corrected chi connectivity index (χ4v) is 4.57. The highest BCUT2D eigenvalue weighted by Gasteiger charge is 2.34. The summed E-state index contributed by atoms with van der Waals surface area (Å²) in [5, 5.41) is 3.05. The lowest BCUT2D eigenvalue weighted by molar-refractivity contribution is -0.136. The van der Waals surface area contributed by atoms with Gasteiger partial charge >= 0.3 is 6.18 Å². The minimum absolute atomic E-state index is 0.278. The van der Waals surface area contributed by atoms with Crippen molar-refractivity contribution in [3.8, 4) is 0 Å². The van der Waals surface area contributed by atoms with Crippen molar-refractivity contribution in [1.82, 2.24) is 9.97 Å². The van der Waals surface area contributed by atoms with Crippen LogP contribution < -0.4 is 0 Å². The second-order valence-corrected chi connectivity index (χ2v) is 7.84. The number of alkyl halides is 3. The standard InChI is InChI=1S/C21H19F3.C4H4N2/c1-12-4-3-5-14-7-9-15-16-8-6-13(2)20(21(22,23)24)18(16)11-10-17(15)19(12)14;1-2-6-4-3-5-1/h6-12H,3-5H2,1-2H3;1-4H/t12-;/m1./s1. The van der Waals surface area contributed by atoms with Crippen LogP contribution in [0.1, 0.15) is 47.9 Å². The van der Waals surface area contributed by atoms with Gasteiger partial charge in [0.15, 0.2) is 0 Å². The van der Waals surface area contributed by atoms with Crippen LogP contribution in [0.3, 0.4) is 0 Å². The Hall–Kier alpha value is -2.95. The highest BCUT2D eigenvalue weighted by molar-refractivity contribution is 6.10. The molecule has 0 N–H and O–H groups in total. The Bertz CT molecular complexity index is 1160. The van der Waals surface area contributed by atoms with Crippen molar-refractivity contribution in [3.63, 3.8) is 0 Å². The Morgan fingerprint density at radius 3 is 2.00 bits per heavy atom. The largest absolute Gasteiger partial charge is 0.417 e. The number of benzene rings is 3. The first-order valence-electron chi connectivity index (χ1n) is 10.1. The van der Waals surface area contributed by atoms with Gasteiger partial charge < -0.3 is 0 Å². The second kappa shape index (κ2) is 8.05. The third-order valence-electron chi connectivity index (χ3n) is 5.88. The molecule has 5 rings (SSSR count). The van der Waals surface area contributed by atoms with Crippen LogP contribution in [0.15, 0.2) is 61.2 Å². The highest BCUT2D eigenvalue weighted by Crippen LogP contribution is 2.42. The molecule has 3 aromatic carbocycles. The molecule has 0 unspecified atom stereocenters. The zero-order chi connectivity index (χ0) is 21.3. The van der Waals surface area contributed by atoms with Crippen molar-refractivity contribution in [3.05, 3.63) is 83.4 Å². The molecule has 1 aromatic heterocycles. The van der Waals surface area contributed by atoms with Crippen LogP contribution in [-0.2, 0) is 12.6 Å².